The Balaban J connectivity index is 3.08. The minimum Gasteiger partial charge on any atom is -0.457 e. The van der Waals surface area contributed by atoms with Crippen molar-refractivity contribution in [2.24, 2.45) is 0 Å². The Kier molecular flexibility index (Phi) is 2.29. The van der Waals surface area contributed by atoms with Crippen molar-refractivity contribution in [3.8, 4) is 0 Å². The van der Waals surface area contributed by atoms with Gasteiger partial charge in [0.05, 0.1) is 22.0 Å². The van der Waals surface area contributed by atoms with Gasteiger partial charge in [-0.3, -0.25) is 4.21 Å². The van der Waals surface area contributed by atoms with Crippen LogP contribution in [0.4, 0.5) is 0 Å². The Bertz CT molecular complexity index is 231. The molecule has 0 aliphatic heterocycles. The highest BCUT2D eigenvalue weighted by atomic mass is 127. The van der Waals surface area contributed by atoms with Gasteiger partial charge < -0.3 is 4.42 Å². The largest absolute Gasteiger partial charge is 0.457 e. The maximum Gasteiger partial charge on any atom is 0.179 e. The zero-order valence-corrected chi connectivity index (χ0v) is 7.73. The molecule has 0 fully saturated rings. The molecule has 1 heterocycles. The Hall–Kier alpha value is 0.160. The van der Waals surface area contributed by atoms with Gasteiger partial charge in [-0.05, 0) is 6.07 Å². The van der Waals surface area contributed by atoms with E-state index in [-0.39, 0.29) is 0 Å². The van der Waals surface area contributed by atoms with E-state index in [0.717, 1.165) is 4.90 Å². The van der Waals surface area contributed by atoms with E-state index in [1.54, 1.807) is 18.6 Å². The molecule has 0 N–H and O–H groups in total. The molecule has 0 radical (unpaired) electrons. The van der Waals surface area contributed by atoms with Crippen LogP contribution in [0.25, 0.3) is 0 Å². The van der Waals surface area contributed by atoms with Crippen LogP contribution in [0.15, 0.2) is 21.6 Å². The summed E-state index contributed by atoms with van der Waals surface area (Å²) in [5.74, 6) is 0. The summed E-state index contributed by atoms with van der Waals surface area (Å²) < 4.78 is 16.4. The van der Waals surface area contributed by atoms with E-state index in [1.807, 2.05) is 22.6 Å². The molecule has 1 rings (SSSR count). The summed E-state index contributed by atoms with van der Waals surface area (Å²) in [6, 6.07) is 1.72. The summed E-state index contributed by atoms with van der Waals surface area (Å²) in [5, 5.41) is 0. The molecule has 9 heavy (non-hydrogen) atoms. The van der Waals surface area contributed by atoms with Crippen LogP contribution in [0.2, 0.25) is 0 Å². The fourth-order valence-electron chi connectivity index (χ4n) is 0.488. The lowest BCUT2D eigenvalue weighted by molar-refractivity contribution is 0.529. The first-order valence-corrected chi connectivity index (χ1v) is 4.92. The van der Waals surface area contributed by atoms with Crippen LogP contribution >= 0.6 is 22.6 Å². The van der Waals surface area contributed by atoms with Crippen LogP contribution in [0, 0.1) is 3.77 Å². The molecule has 0 spiro atoms. The van der Waals surface area contributed by atoms with Crippen LogP contribution in [0.3, 0.4) is 0 Å². The lowest BCUT2D eigenvalue weighted by Gasteiger charge is -1.86. The molecule has 50 valence electrons. The first-order chi connectivity index (χ1) is 4.22. The highest BCUT2D eigenvalue weighted by Gasteiger charge is 2.04. The Labute approximate surface area is 69.2 Å². The third-order valence-corrected chi connectivity index (χ3v) is 3.04. The zero-order chi connectivity index (χ0) is 6.85. The SMILES string of the molecule is CS(=O)c1ccoc1I. The molecule has 0 aliphatic carbocycles. The van der Waals surface area contributed by atoms with Gasteiger partial charge in [0, 0.05) is 28.8 Å². The average molecular weight is 256 g/mol. The Morgan fingerprint density at radius 2 is 2.44 bits per heavy atom. The van der Waals surface area contributed by atoms with Gasteiger partial charge in [0.1, 0.15) is 0 Å². The predicted molar refractivity (Wildman–Crippen MR) is 43.8 cm³/mol. The van der Waals surface area contributed by atoms with E-state index in [4.69, 9.17) is 4.42 Å². The monoisotopic (exact) mass is 256 g/mol. The predicted octanol–water partition coefficient (Wildman–Crippen LogP) is 1.62. The van der Waals surface area contributed by atoms with Crippen LogP contribution in [-0.2, 0) is 10.8 Å². The third-order valence-electron chi connectivity index (χ3n) is 0.894. The summed E-state index contributed by atoms with van der Waals surface area (Å²) in [6.07, 6.45) is 3.17. The molecular formula is C5H5IO2S. The molecule has 0 saturated carbocycles. The first kappa shape index (κ1) is 7.27. The van der Waals surface area contributed by atoms with Gasteiger partial charge >= 0.3 is 0 Å². The Morgan fingerprint density at radius 1 is 1.78 bits per heavy atom. The van der Waals surface area contributed by atoms with Crippen molar-refractivity contribution in [2.45, 2.75) is 4.90 Å². The average Bonchev–Trinajstić information content (AvgIpc) is 2.13. The van der Waals surface area contributed by atoms with Crippen LogP contribution < -0.4 is 0 Å². The smallest absolute Gasteiger partial charge is 0.179 e. The number of rotatable bonds is 1. The molecule has 0 aliphatic rings. The number of furan rings is 1. The number of hydrogen-bond acceptors (Lipinski definition) is 2. The second-order valence-electron chi connectivity index (χ2n) is 1.51. The van der Waals surface area contributed by atoms with Crippen LogP contribution in [0.5, 0.6) is 0 Å². The van der Waals surface area contributed by atoms with Crippen molar-refractivity contribution in [1.82, 2.24) is 0 Å². The van der Waals surface area contributed by atoms with E-state index in [9.17, 15) is 4.21 Å². The molecule has 0 bridgehead atoms. The van der Waals surface area contributed by atoms with Gasteiger partial charge in [0.2, 0.25) is 0 Å². The van der Waals surface area contributed by atoms with Gasteiger partial charge in [-0.1, -0.05) is 0 Å². The highest BCUT2D eigenvalue weighted by molar-refractivity contribution is 14.1. The number of halogens is 1. The lowest BCUT2D eigenvalue weighted by Crippen LogP contribution is -1.84. The third kappa shape index (κ3) is 1.54. The molecule has 2 nitrogen and oxygen atoms in total. The van der Waals surface area contributed by atoms with Crippen molar-refractivity contribution in [3.05, 3.63) is 16.1 Å². The van der Waals surface area contributed by atoms with Gasteiger partial charge in [-0.25, -0.2) is 0 Å². The topological polar surface area (TPSA) is 30.2 Å². The van der Waals surface area contributed by atoms with E-state index in [1.165, 1.54) is 0 Å². The molecule has 0 saturated heterocycles. The molecule has 4 heteroatoms. The summed E-state index contributed by atoms with van der Waals surface area (Å²) in [5.41, 5.74) is 0. The van der Waals surface area contributed by atoms with Crippen molar-refractivity contribution >= 4 is 33.4 Å². The van der Waals surface area contributed by atoms with Crippen molar-refractivity contribution < 1.29 is 8.63 Å². The summed E-state index contributed by atoms with van der Waals surface area (Å²) >= 11 is 2.01. The van der Waals surface area contributed by atoms with Crippen molar-refractivity contribution in [2.75, 3.05) is 6.26 Å². The maximum absolute atomic E-state index is 10.8. The summed E-state index contributed by atoms with van der Waals surface area (Å²) in [6.45, 7) is 0. The Morgan fingerprint density at radius 3 is 2.67 bits per heavy atom. The fourth-order valence-corrected chi connectivity index (χ4v) is 2.27. The summed E-state index contributed by atoms with van der Waals surface area (Å²) in [7, 11) is -0.911. The first-order valence-electron chi connectivity index (χ1n) is 2.28. The van der Waals surface area contributed by atoms with Gasteiger partial charge in [0.15, 0.2) is 3.77 Å². The number of hydrogen-bond donors (Lipinski definition) is 0. The van der Waals surface area contributed by atoms with E-state index >= 15 is 0 Å². The second kappa shape index (κ2) is 2.83. The van der Waals surface area contributed by atoms with Crippen LogP contribution in [-0.4, -0.2) is 10.5 Å². The standard InChI is InChI=1S/C5H5IO2S/c1-9(7)4-2-3-8-5(4)6/h2-3H,1H3. The zero-order valence-electron chi connectivity index (χ0n) is 4.76. The van der Waals surface area contributed by atoms with E-state index in [2.05, 4.69) is 0 Å². The van der Waals surface area contributed by atoms with E-state index < -0.39 is 10.8 Å². The van der Waals surface area contributed by atoms with Crippen molar-refractivity contribution in [3.63, 3.8) is 0 Å². The molecule has 1 aromatic heterocycles. The molecule has 1 unspecified atom stereocenters. The van der Waals surface area contributed by atoms with Gasteiger partial charge in [-0.2, -0.15) is 0 Å². The molecule has 1 atom stereocenters. The molecule has 0 aromatic carbocycles. The van der Waals surface area contributed by atoms with E-state index in [0.29, 0.717) is 3.77 Å². The fraction of sp³-hybridized carbons (Fsp3) is 0.200. The minimum atomic E-state index is -0.911. The second-order valence-corrected chi connectivity index (χ2v) is 3.84. The highest BCUT2D eigenvalue weighted by Crippen LogP contribution is 2.15. The molecule has 0 amide bonds. The normalized spacial score (nSPS) is 13.6. The lowest BCUT2D eigenvalue weighted by atomic mass is 10.7. The van der Waals surface area contributed by atoms with Gasteiger partial charge in [0.25, 0.3) is 0 Å². The summed E-state index contributed by atoms with van der Waals surface area (Å²) in [4.78, 5) is 0.774. The minimum absolute atomic E-state index is 0.716. The quantitative estimate of drug-likeness (QED) is 0.715. The molecular weight excluding hydrogens is 251 g/mol. The van der Waals surface area contributed by atoms with Crippen LogP contribution in [0.1, 0.15) is 0 Å². The van der Waals surface area contributed by atoms with Crippen molar-refractivity contribution in [1.29, 1.82) is 0 Å². The maximum atomic E-state index is 10.8. The van der Waals surface area contributed by atoms with Gasteiger partial charge in [-0.15, -0.1) is 0 Å². The molecule has 1 aromatic rings.